The molecule has 4 heteroatoms. The molecule has 0 saturated carbocycles. The third-order valence-electron chi connectivity index (χ3n) is 2.79. The number of aliphatic carboxylic acids is 1. The molecule has 2 unspecified atom stereocenters. The fourth-order valence-corrected chi connectivity index (χ4v) is 2.88. The zero-order valence-electron chi connectivity index (χ0n) is 11.0. The first kappa shape index (κ1) is 15.1. The fraction of sp³-hybridized carbons (Fsp3) is 0.500. The number of aliphatic hydroxyl groups is 1. The monoisotopic (exact) mass is 268 g/mol. The van der Waals surface area contributed by atoms with Crippen molar-refractivity contribution in [3.8, 4) is 0 Å². The standard InChI is InChI=1S/C14H20O3S/c1-10(2)12(13(15)16)18-9-14(3,17)11-7-5-4-6-8-11/h4-8,10,12,17H,9H2,1-3H3,(H,15,16). The summed E-state index contributed by atoms with van der Waals surface area (Å²) >= 11 is 1.29. The van der Waals surface area contributed by atoms with E-state index in [0.717, 1.165) is 5.56 Å². The van der Waals surface area contributed by atoms with Crippen molar-refractivity contribution in [2.45, 2.75) is 31.6 Å². The lowest BCUT2D eigenvalue weighted by Crippen LogP contribution is -2.29. The zero-order valence-corrected chi connectivity index (χ0v) is 11.8. The Morgan fingerprint density at radius 3 is 2.33 bits per heavy atom. The Bertz CT molecular complexity index is 387. The number of rotatable bonds is 6. The Kier molecular flexibility index (Phi) is 5.23. The number of carboxylic acids is 1. The van der Waals surface area contributed by atoms with Gasteiger partial charge in [0.25, 0.3) is 0 Å². The molecule has 2 atom stereocenters. The molecule has 0 aliphatic rings. The van der Waals surface area contributed by atoms with Crippen molar-refractivity contribution in [2.75, 3.05) is 5.75 Å². The molecule has 0 spiro atoms. The highest BCUT2D eigenvalue weighted by atomic mass is 32.2. The van der Waals surface area contributed by atoms with Gasteiger partial charge in [0.15, 0.2) is 0 Å². The molecule has 0 radical (unpaired) electrons. The van der Waals surface area contributed by atoms with Gasteiger partial charge in [0, 0.05) is 5.75 Å². The van der Waals surface area contributed by atoms with Gasteiger partial charge in [-0.3, -0.25) is 4.79 Å². The zero-order chi connectivity index (χ0) is 13.8. The Labute approximate surface area is 112 Å². The molecule has 0 aliphatic heterocycles. The molecule has 18 heavy (non-hydrogen) atoms. The van der Waals surface area contributed by atoms with Crippen molar-refractivity contribution in [1.29, 1.82) is 0 Å². The first-order chi connectivity index (χ1) is 8.34. The number of benzene rings is 1. The smallest absolute Gasteiger partial charge is 0.316 e. The van der Waals surface area contributed by atoms with E-state index >= 15 is 0 Å². The van der Waals surface area contributed by atoms with Gasteiger partial charge in [0.2, 0.25) is 0 Å². The predicted molar refractivity (Wildman–Crippen MR) is 74.7 cm³/mol. The van der Waals surface area contributed by atoms with E-state index in [1.54, 1.807) is 6.92 Å². The van der Waals surface area contributed by atoms with Gasteiger partial charge in [-0.2, -0.15) is 0 Å². The lowest BCUT2D eigenvalue weighted by molar-refractivity contribution is -0.137. The highest BCUT2D eigenvalue weighted by Crippen LogP contribution is 2.29. The number of carboxylic acid groups (broad SMARTS) is 1. The summed E-state index contributed by atoms with van der Waals surface area (Å²) in [7, 11) is 0. The number of hydrogen-bond donors (Lipinski definition) is 2. The Hall–Kier alpha value is -1.00. The van der Waals surface area contributed by atoms with Crippen LogP contribution in [0.5, 0.6) is 0 Å². The molecule has 1 rings (SSSR count). The summed E-state index contributed by atoms with van der Waals surface area (Å²) in [6.45, 7) is 5.47. The minimum atomic E-state index is -1.01. The van der Waals surface area contributed by atoms with E-state index in [1.165, 1.54) is 11.8 Å². The maximum Gasteiger partial charge on any atom is 0.316 e. The van der Waals surface area contributed by atoms with Crippen LogP contribution in [0.25, 0.3) is 0 Å². The van der Waals surface area contributed by atoms with E-state index in [-0.39, 0.29) is 5.92 Å². The van der Waals surface area contributed by atoms with Gasteiger partial charge in [-0.1, -0.05) is 44.2 Å². The lowest BCUT2D eigenvalue weighted by atomic mass is 9.99. The van der Waals surface area contributed by atoms with Gasteiger partial charge in [-0.25, -0.2) is 0 Å². The Morgan fingerprint density at radius 1 is 1.33 bits per heavy atom. The van der Waals surface area contributed by atoms with Crippen LogP contribution in [0.1, 0.15) is 26.3 Å². The van der Waals surface area contributed by atoms with Crippen LogP contribution in [0.3, 0.4) is 0 Å². The second kappa shape index (κ2) is 6.25. The van der Waals surface area contributed by atoms with Crippen molar-refractivity contribution in [3.63, 3.8) is 0 Å². The van der Waals surface area contributed by atoms with Crippen LogP contribution in [-0.2, 0) is 10.4 Å². The van der Waals surface area contributed by atoms with Gasteiger partial charge in [0.05, 0.1) is 5.60 Å². The molecule has 0 aliphatic carbocycles. The summed E-state index contributed by atoms with van der Waals surface area (Å²) in [5.41, 5.74) is -0.195. The summed E-state index contributed by atoms with van der Waals surface area (Å²) in [5, 5.41) is 19.0. The van der Waals surface area contributed by atoms with Gasteiger partial charge in [0.1, 0.15) is 5.25 Å². The first-order valence-electron chi connectivity index (χ1n) is 5.97. The lowest BCUT2D eigenvalue weighted by Gasteiger charge is -2.26. The molecule has 0 heterocycles. The second-order valence-electron chi connectivity index (χ2n) is 4.95. The molecule has 0 bridgehead atoms. The quantitative estimate of drug-likeness (QED) is 0.833. The summed E-state index contributed by atoms with van der Waals surface area (Å²) in [6.07, 6.45) is 0. The summed E-state index contributed by atoms with van der Waals surface area (Å²) < 4.78 is 0. The minimum absolute atomic E-state index is 0.0408. The van der Waals surface area contributed by atoms with Crippen LogP contribution in [-0.4, -0.2) is 27.2 Å². The average Bonchev–Trinajstić information content (AvgIpc) is 2.29. The van der Waals surface area contributed by atoms with E-state index in [0.29, 0.717) is 5.75 Å². The fourth-order valence-electron chi connectivity index (χ4n) is 1.68. The predicted octanol–water partition coefficient (Wildman–Crippen LogP) is 2.74. The van der Waals surface area contributed by atoms with Crippen LogP contribution in [0.15, 0.2) is 30.3 Å². The van der Waals surface area contributed by atoms with E-state index in [9.17, 15) is 9.90 Å². The summed E-state index contributed by atoms with van der Waals surface area (Å²) in [5.74, 6) is -0.412. The number of thioether (sulfide) groups is 1. The summed E-state index contributed by atoms with van der Waals surface area (Å²) in [6, 6.07) is 9.33. The highest BCUT2D eigenvalue weighted by molar-refractivity contribution is 8.00. The number of hydrogen-bond acceptors (Lipinski definition) is 3. The minimum Gasteiger partial charge on any atom is -0.480 e. The first-order valence-corrected chi connectivity index (χ1v) is 7.02. The second-order valence-corrected chi connectivity index (χ2v) is 6.08. The Morgan fingerprint density at radius 2 is 1.89 bits per heavy atom. The molecule has 0 saturated heterocycles. The van der Waals surface area contributed by atoms with Gasteiger partial charge < -0.3 is 10.2 Å². The normalized spacial score (nSPS) is 16.3. The molecule has 1 aromatic rings. The van der Waals surface area contributed by atoms with Crippen molar-refractivity contribution in [3.05, 3.63) is 35.9 Å². The molecule has 1 aromatic carbocycles. The van der Waals surface area contributed by atoms with Crippen LogP contribution in [0.4, 0.5) is 0 Å². The van der Waals surface area contributed by atoms with Gasteiger partial charge >= 0.3 is 5.97 Å². The molecular weight excluding hydrogens is 248 g/mol. The van der Waals surface area contributed by atoms with Crippen LogP contribution < -0.4 is 0 Å². The molecule has 100 valence electrons. The molecule has 0 fully saturated rings. The molecular formula is C14H20O3S. The van der Waals surface area contributed by atoms with E-state index in [1.807, 2.05) is 44.2 Å². The molecule has 3 nitrogen and oxygen atoms in total. The van der Waals surface area contributed by atoms with Crippen molar-refractivity contribution in [2.24, 2.45) is 5.92 Å². The van der Waals surface area contributed by atoms with Crippen LogP contribution in [0.2, 0.25) is 0 Å². The summed E-state index contributed by atoms with van der Waals surface area (Å²) in [4.78, 5) is 11.1. The molecule has 2 N–H and O–H groups in total. The third-order valence-corrected chi connectivity index (χ3v) is 4.62. The van der Waals surface area contributed by atoms with Crippen LogP contribution in [0, 0.1) is 5.92 Å². The van der Waals surface area contributed by atoms with Crippen molar-refractivity contribution in [1.82, 2.24) is 0 Å². The number of carbonyl (C=O) groups is 1. The maximum atomic E-state index is 11.1. The SMILES string of the molecule is CC(C)C(SCC(C)(O)c1ccccc1)C(=O)O. The largest absolute Gasteiger partial charge is 0.480 e. The van der Waals surface area contributed by atoms with E-state index in [2.05, 4.69) is 0 Å². The van der Waals surface area contributed by atoms with Gasteiger partial charge in [-0.15, -0.1) is 11.8 Å². The molecule has 0 aromatic heterocycles. The maximum absolute atomic E-state index is 11.1. The van der Waals surface area contributed by atoms with E-state index < -0.39 is 16.8 Å². The van der Waals surface area contributed by atoms with Crippen molar-refractivity contribution >= 4 is 17.7 Å². The van der Waals surface area contributed by atoms with Crippen molar-refractivity contribution < 1.29 is 15.0 Å². The van der Waals surface area contributed by atoms with Crippen LogP contribution >= 0.6 is 11.8 Å². The van der Waals surface area contributed by atoms with E-state index in [4.69, 9.17) is 5.11 Å². The van der Waals surface area contributed by atoms with Gasteiger partial charge in [-0.05, 0) is 18.4 Å². The molecule has 0 amide bonds. The average molecular weight is 268 g/mol. The Balaban J connectivity index is 2.69. The third kappa shape index (κ3) is 4.03. The highest BCUT2D eigenvalue weighted by Gasteiger charge is 2.28. The topological polar surface area (TPSA) is 57.5 Å².